The molecular formula is C14H23NO2. The van der Waals surface area contributed by atoms with E-state index in [1.165, 1.54) is 0 Å². The summed E-state index contributed by atoms with van der Waals surface area (Å²) in [5, 5.41) is 0. The van der Waals surface area contributed by atoms with E-state index in [1.54, 1.807) is 0 Å². The quantitative estimate of drug-likeness (QED) is 0.756. The zero-order valence-electron chi connectivity index (χ0n) is 10.8. The molecule has 0 heterocycles. The van der Waals surface area contributed by atoms with Crippen LogP contribution >= 0.6 is 0 Å². The summed E-state index contributed by atoms with van der Waals surface area (Å²) in [6.45, 7) is 5.46. The Kier molecular flexibility index (Phi) is 6.48. The lowest BCUT2D eigenvalue weighted by Gasteiger charge is -2.15. The molecule has 0 bridgehead atoms. The Bertz CT molecular complexity index is 315. The van der Waals surface area contributed by atoms with Crippen LogP contribution in [-0.4, -0.2) is 19.3 Å². The van der Waals surface area contributed by atoms with Gasteiger partial charge in [-0.15, -0.1) is 0 Å². The average Bonchev–Trinajstić information content (AvgIpc) is 2.35. The second-order valence-electron chi connectivity index (χ2n) is 4.15. The van der Waals surface area contributed by atoms with Crippen LogP contribution < -0.4 is 15.2 Å². The van der Waals surface area contributed by atoms with Crippen LogP contribution in [0.15, 0.2) is 24.3 Å². The van der Waals surface area contributed by atoms with Crippen molar-refractivity contribution in [2.24, 2.45) is 5.73 Å². The van der Waals surface area contributed by atoms with Crippen LogP contribution in [0.4, 0.5) is 0 Å². The summed E-state index contributed by atoms with van der Waals surface area (Å²) in [6, 6.07) is 7.84. The van der Waals surface area contributed by atoms with Gasteiger partial charge in [-0.1, -0.05) is 32.4 Å². The molecule has 1 unspecified atom stereocenters. The Labute approximate surface area is 104 Å². The summed E-state index contributed by atoms with van der Waals surface area (Å²) < 4.78 is 11.3. The Morgan fingerprint density at radius 3 is 2.29 bits per heavy atom. The Morgan fingerprint density at radius 1 is 1.06 bits per heavy atom. The fraction of sp³-hybridized carbons (Fsp3) is 0.571. The maximum Gasteiger partial charge on any atom is 0.161 e. The molecule has 1 aromatic carbocycles. The van der Waals surface area contributed by atoms with Crippen LogP contribution in [0.2, 0.25) is 0 Å². The van der Waals surface area contributed by atoms with Crippen LogP contribution in [0, 0.1) is 0 Å². The fourth-order valence-electron chi connectivity index (χ4n) is 1.55. The number of ether oxygens (including phenoxy) is 2. The van der Waals surface area contributed by atoms with Gasteiger partial charge in [0.25, 0.3) is 0 Å². The van der Waals surface area contributed by atoms with Crippen molar-refractivity contribution in [1.29, 1.82) is 0 Å². The third-order valence-electron chi connectivity index (χ3n) is 2.42. The van der Waals surface area contributed by atoms with E-state index in [0.29, 0.717) is 13.2 Å². The lowest BCUT2D eigenvalue weighted by molar-refractivity contribution is 0.251. The Balaban J connectivity index is 2.51. The summed E-state index contributed by atoms with van der Waals surface area (Å²) >= 11 is 0. The second-order valence-corrected chi connectivity index (χ2v) is 4.15. The Hall–Kier alpha value is -1.22. The first-order valence-corrected chi connectivity index (χ1v) is 6.38. The lowest BCUT2D eigenvalue weighted by Crippen LogP contribution is -2.27. The monoisotopic (exact) mass is 237 g/mol. The zero-order valence-corrected chi connectivity index (χ0v) is 10.8. The molecular weight excluding hydrogens is 214 g/mol. The normalized spacial score (nSPS) is 12.2. The van der Waals surface area contributed by atoms with Crippen molar-refractivity contribution in [2.75, 3.05) is 13.2 Å². The van der Waals surface area contributed by atoms with Crippen molar-refractivity contribution in [3.8, 4) is 11.5 Å². The average molecular weight is 237 g/mol. The van der Waals surface area contributed by atoms with E-state index in [-0.39, 0.29) is 6.04 Å². The van der Waals surface area contributed by atoms with Crippen LogP contribution in [-0.2, 0) is 0 Å². The second kappa shape index (κ2) is 7.96. The van der Waals surface area contributed by atoms with Gasteiger partial charge in [-0.25, -0.2) is 0 Å². The molecule has 0 spiro atoms. The highest BCUT2D eigenvalue weighted by Gasteiger charge is 2.06. The minimum atomic E-state index is 0.0965. The molecule has 0 amide bonds. The SMILES string of the molecule is CCCOc1ccccc1OCC(N)CCC. The predicted molar refractivity (Wildman–Crippen MR) is 70.6 cm³/mol. The van der Waals surface area contributed by atoms with Crippen LogP contribution in [0.1, 0.15) is 33.1 Å². The Morgan fingerprint density at radius 2 is 1.71 bits per heavy atom. The smallest absolute Gasteiger partial charge is 0.161 e. The molecule has 0 aliphatic carbocycles. The standard InChI is InChI=1S/C14H23NO2/c1-3-7-12(15)11-17-14-9-6-5-8-13(14)16-10-4-2/h5-6,8-9,12H,3-4,7,10-11,15H2,1-2H3. The van der Waals surface area contributed by atoms with E-state index in [2.05, 4.69) is 13.8 Å². The molecule has 0 aliphatic heterocycles. The number of para-hydroxylation sites is 2. The van der Waals surface area contributed by atoms with Gasteiger partial charge < -0.3 is 15.2 Å². The third-order valence-corrected chi connectivity index (χ3v) is 2.42. The maximum atomic E-state index is 5.92. The minimum Gasteiger partial charge on any atom is -0.490 e. The molecule has 3 heteroatoms. The van der Waals surface area contributed by atoms with Gasteiger partial charge in [0.15, 0.2) is 11.5 Å². The van der Waals surface area contributed by atoms with Gasteiger partial charge in [-0.05, 0) is 25.0 Å². The fourth-order valence-corrected chi connectivity index (χ4v) is 1.55. The molecule has 3 nitrogen and oxygen atoms in total. The molecule has 0 radical (unpaired) electrons. The highest BCUT2D eigenvalue weighted by atomic mass is 16.5. The van der Waals surface area contributed by atoms with E-state index in [0.717, 1.165) is 30.8 Å². The molecule has 0 aliphatic rings. The summed E-state index contributed by atoms with van der Waals surface area (Å²) in [5.41, 5.74) is 5.92. The van der Waals surface area contributed by atoms with Crippen LogP contribution in [0.5, 0.6) is 11.5 Å². The number of rotatable bonds is 8. The van der Waals surface area contributed by atoms with Gasteiger partial charge in [0, 0.05) is 6.04 Å². The highest BCUT2D eigenvalue weighted by molar-refractivity contribution is 5.39. The topological polar surface area (TPSA) is 44.5 Å². The molecule has 0 saturated carbocycles. The van der Waals surface area contributed by atoms with Crippen LogP contribution in [0.3, 0.4) is 0 Å². The predicted octanol–water partition coefficient (Wildman–Crippen LogP) is 2.98. The summed E-state index contributed by atoms with van der Waals surface area (Å²) in [5.74, 6) is 1.59. The van der Waals surface area contributed by atoms with Gasteiger partial charge in [0.1, 0.15) is 6.61 Å². The van der Waals surface area contributed by atoms with Gasteiger partial charge in [-0.2, -0.15) is 0 Å². The molecule has 1 atom stereocenters. The van der Waals surface area contributed by atoms with Crippen molar-refractivity contribution in [3.05, 3.63) is 24.3 Å². The highest BCUT2D eigenvalue weighted by Crippen LogP contribution is 2.26. The van der Waals surface area contributed by atoms with Crippen LogP contribution in [0.25, 0.3) is 0 Å². The molecule has 0 saturated heterocycles. The first kappa shape index (κ1) is 13.8. The van der Waals surface area contributed by atoms with Crippen molar-refractivity contribution in [2.45, 2.75) is 39.2 Å². The summed E-state index contributed by atoms with van der Waals surface area (Å²) in [6.07, 6.45) is 3.06. The molecule has 0 fully saturated rings. The maximum absolute atomic E-state index is 5.92. The first-order chi connectivity index (χ1) is 8.27. The number of benzene rings is 1. The zero-order chi connectivity index (χ0) is 12.5. The van der Waals surface area contributed by atoms with Gasteiger partial charge in [0.2, 0.25) is 0 Å². The molecule has 96 valence electrons. The van der Waals surface area contributed by atoms with E-state index in [1.807, 2.05) is 24.3 Å². The summed E-state index contributed by atoms with van der Waals surface area (Å²) in [7, 11) is 0. The van der Waals surface area contributed by atoms with Gasteiger partial charge >= 0.3 is 0 Å². The van der Waals surface area contributed by atoms with E-state index < -0.39 is 0 Å². The van der Waals surface area contributed by atoms with E-state index >= 15 is 0 Å². The summed E-state index contributed by atoms with van der Waals surface area (Å²) in [4.78, 5) is 0. The van der Waals surface area contributed by atoms with E-state index in [4.69, 9.17) is 15.2 Å². The minimum absolute atomic E-state index is 0.0965. The number of hydrogen-bond acceptors (Lipinski definition) is 3. The van der Waals surface area contributed by atoms with Gasteiger partial charge in [-0.3, -0.25) is 0 Å². The molecule has 1 aromatic rings. The van der Waals surface area contributed by atoms with Crippen molar-refractivity contribution in [1.82, 2.24) is 0 Å². The van der Waals surface area contributed by atoms with Crippen molar-refractivity contribution < 1.29 is 9.47 Å². The lowest BCUT2D eigenvalue weighted by atomic mass is 10.2. The van der Waals surface area contributed by atoms with Crippen molar-refractivity contribution >= 4 is 0 Å². The van der Waals surface area contributed by atoms with Gasteiger partial charge in [0.05, 0.1) is 6.61 Å². The number of nitrogens with two attached hydrogens (primary N) is 1. The van der Waals surface area contributed by atoms with E-state index in [9.17, 15) is 0 Å². The molecule has 17 heavy (non-hydrogen) atoms. The van der Waals surface area contributed by atoms with Crippen molar-refractivity contribution in [3.63, 3.8) is 0 Å². The molecule has 1 rings (SSSR count). The molecule has 0 aromatic heterocycles. The number of hydrogen-bond donors (Lipinski definition) is 1. The molecule has 2 N–H and O–H groups in total. The first-order valence-electron chi connectivity index (χ1n) is 6.38. The largest absolute Gasteiger partial charge is 0.490 e. The third kappa shape index (κ3) is 5.09.